The van der Waals surface area contributed by atoms with E-state index in [4.69, 9.17) is 4.74 Å². The highest BCUT2D eigenvalue weighted by Crippen LogP contribution is 2.23. The average Bonchev–Trinajstić information content (AvgIpc) is 2.50. The number of nitrogens with one attached hydrogen (secondary N) is 2. The van der Waals surface area contributed by atoms with Crippen molar-refractivity contribution in [1.82, 2.24) is 5.32 Å². The molecule has 2 N–H and O–H groups in total. The van der Waals surface area contributed by atoms with E-state index in [1.807, 2.05) is 56.3 Å². The molecule has 0 aliphatic carbocycles. The van der Waals surface area contributed by atoms with E-state index in [9.17, 15) is 4.79 Å². The Morgan fingerprint density at radius 2 is 1.87 bits per heavy atom. The number of rotatable bonds is 5. The van der Waals surface area contributed by atoms with Crippen LogP contribution in [0.15, 0.2) is 42.5 Å². The third-order valence-corrected chi connectivity index (χ3v) is 3.62. The number of urea groups is 1. The second-order valence-corrected chi connectivity index (χ2v) is 5.93. The summed E-state index contributed by atoms with van der Waals surface area (Å²) < 4.78 is 5.61. The van der Waals surface area contributed by atoms with Crippen molar-refractivity contribution in [2.24, 2.45) is 0 Å². The third kappa shape index (κ3) is 4.74. The zero-order valence-corrected chi connectivity index (χ0v) is 14.1. The van der Waals surface area contributed by atoms with Gasteiger partial charge in [-0.15, -0.1) is 0 Å². The molecule has 23 heavy (non-hydrogen) atoms. The van der Waals surface area contributed by atoms with Crippen LogP contribution >= 0.6 is 0 Å². The van der Waals surface area contributed by atoms with Crippen molar-refractivity contribution in [3.05, 3.63) is 59.2 Å². The van der Waals surface area contributed by atoms with Gasteiger partial charge in [-0.1, -0.05) is 49.7 Å². The fourth-order valence-corrected chi connectivity index (χ4v) is 2.42. The number of carbonyl (C=O) groups is 1. The van der Waals surface area contributed by atoms with Crippen LogP contribution in [0.2, 0.25) is 0 Å². The van der Waals surface area contributed by atoms with Crippen LogP contribution in [0.1, 0.15) is 36.5 Å². The van der Waals surface area contributed by atoms with Gasteiger partial charge in [0.2, 0.25) is 0 Å². The summed E-state index contributed by atoms with van der Waals surface area (Å²) in [4.78, 5) is 12.0. The van der Waals surface area contributed by atoms with Gasteiger partial charge < -0.3 is 15.4 Å². The van der Waals surface area contributed by atoms with E-state index in [1.54, 1.807) is 0 Å². The van der Waals surface area contributed by atoms with Crippen molar-refractivity contribution in [3.8, 4) is 5.75 Å². The van der Waals surface area contributed by atoms with Crippen LogP contribution < -0.4 is 15.4 Å². The molecule has 0 aromatic heterocycles. The van der Waals surface area contributed by atoms with Gasteiger partial charge in [-0.2, -0.15) is 0 Å². The Kier molecular flexibility index (Phi) is 5.63. The maximum absolute atomic E-state index is 12.0. The zero-order chi connectivity index (χ0) is 16.8. The molecular weight excluding hydrogens is 288 g/mol. The number of amides is 2. The number of benzene rings is 2. The van der Waals surface area contributed by atoms with Crippen LogP contribution in [0.25, 0.3) is 0 Å². The van der Waals surface area contributed by atoms with Crippen molar-refractivity contribution in [2.45, 2.75) is 33.6 Å². The van der Waals surface area contributed by atoms with Crippen molar-refractivity contribution in [2.75, 3.05) is 12.0 Å². The van der Waals surface area contributed by atoms with Gasteiger partial charge in [0.1, 0.15) is 5.75 Å². The lowest BCUT2D eigenvalue weighted by molar-refractivity contribution is 0.234. The van der Waals surface area contributed by atoms with Crippen molar-refractivity contribution < 1.29 is 9.53 Å². The molecule has 0 heterocycles. The molecule has 0 aliphatic heterocycles. The first kappa shape index (κ1) is 16.9. The highest BCUT2D eigenvalue weighted by molar-refractivity contribution is 5.90. The topological polar surface area (TPSA) is 50.4 Å². The number of hydrogen-bond acceptors (Lipinski definition) is 2. The summed E-state index contributed by atoms with van der Waals surface area (Å²) in [5, 5.41) is 5.59. The molecule has 0 saturated heterocycles. The molecule has 2 rings (SSSR count). The van der Waals surface area contributed by atoms with Gasteiger partial charge in [-0.3, -0.25) is 0 Å². The summed E-state index contributed by atoms with van der Waals surface area (Å²) in [5.74, 6) is 1.12. The second-order valence-electron chi connectivity index (χ2n) is 5.93. The minimum absolute atomic E-state index is 0.125. The molecule has 0 bridgehead atoms. The summed E-state index contributed by atoms with van der Waals surface area (Å²) in [6, 6.07) is 13.5. The molecule has 4 heteroatoms. The Balaban J connectivity index is 1.88. The summed E-state index contributed by atoms with van der Waals surface area (Å²) in [6.45, 7) is 8.35. The molecule has 0 spiro atoms. The van der Waals surface area contributed by atoms with E-state index in [0.29, 0.717) is 5.92 Å². The molecule has 0 atom stereocenters. The standard InChI is InChI=1S/C19H24N2O2/c1-13(2)16-7-5-6-8-17(16)21-19(22)20-12-23-18-10-9-14(3)11-15(18)4/h5-11,13H,12H2,1-4H3,(H2,20,21,22). The van der Waals surface area contributed by atoms with Crippen LogP contribution in [0.3, 0.4) is 0 Å². The molecule has 0 saturated carbocycles. The highest BCUT2D eigenvalue weighted by atomic mass is 16.5. The van der Waals surface area contributed by atoms with E-state index in [2.05, 4.69) is 24.5 Å². The number of aryl methyl sites for hydroxylation is 2. The fourth-order valence-electron chi connectivity index (χ4n) is 2.42. The van der Waals surface area contributed by atoms with E-state index < -0.39 is 0 Å². The smallest absolute Gasteiger partial charge is 0.321 e. The second kappa shape index (κ2) is 7.68. The van der Waals surface area contributed by atoms with E-state index in [1.165, 1.54) is 5.56 Å². The van der Waals surface area contributed by atoms with E-state index in [0.717, 1.165) is 22.6 Å². The molecule has 4 nitrogen and oxygen atoms in total. The van der Waals surface area contributed by atoms with Gasteiger partial charge in [0.15, 0.2) is 6.73 Å². The minimum Gasteiger partial charge on any atom is -0.473 e. The lowest BCUT2D eigenvalue weighted by Gasteiger charge is -2.15. The summed E-state index contributed by atoms with van der Waals surface area (Å²) in [7, 11) is 0. The number of carbonyl (C=O) groups excluding carboxylic acids is 1. The predicted octanol–water partition coefficient (Wildman–Crippen LogP) is 4.58. The zero-order valence-electron chi connectivity index (χ0n) is 14.1. The molecule has 2 aromatic carbocycles. The Morgan fingerprint density at radius 3 is 2.57 bits per heavy atom. The largest absolute Gasteiger partial charge is 0.473 e. The maximum Gasteiger partial charge on any atom is 0.321 e. The van der Waals surface area contributed by atoms with Crippen LogP contribution in [0.4, 0.5) is 10.5 Å². The van der Waals surface area contributed by atoms with Gasteiger partial charge in [-0.25, -0.2) is 4.79 Å². The van der Waals surface area contributed by atoms with Gasteiger partial charge in [0.05, 0.1) is 0 Å². The maximum atomic E-state index is 12.0. The number of ether oxygens (including phenoxy) is 1. The minimum atomic E-state index is -0.275. The molecular formula is C19H24N2O2. The van der Waals surface area contributed by atoms with Gasteiger partial charge in [-0.05, 0) is 43.0 Å². The van der Waals surface area contributed by atoms with E-state index in [-0.39, 0.29) is 12.8 Å². The highest BCUT2D eigenvalue weighted by Gasteiger charge is 2.09. The first-order valence-electron chi connectivity index (χ1n) is 7.81. The van der Waals surface area contributed by atoms with E-state index >= 15 is 0 Å². The molecule has 0 unspecified atom stereocenters. The number of para-hydroxylation sites is 1. The SMILES string of the molecule is Cc1ccc(OCNC(=O)Nc2ccccc2C(C)C)c(C)c1. The third-order valence-electron chi connectivity index (χ3n) is 3.62. The molecule has 2 aromatic rings. The fraction of sp³-hybridized carbons (Fsp3) is 0.316. The lowest BCUT2D eigenvalue weighted by atomic mass is 10.0. The summed E-state index contributed by atoms with van der Waals surface area (Å²) >= 11 is 0. The van der Waals surface area contributed by atoms with Crippen LogP contribution in [0.5, 0.6) is 5.75 Å². The quantitative estimate of drug-likeness (QED) is 0.794. The van der Waals surface area contributed by atoms with Crippen molar-refractivity contribution >= 4 is 11.7 Å². The molecule has 0 aliphatic rings. The molecule has 122 valence electrons. The first-order chi connectivity index (χ1) is 11.0. The summed E-state index contributed by atoms with van der Waals surface area (Å²) in [6.07, 6.45) is 0. The van der Waals surface area contributed by atoms with Gasteiger partial charge >= 0.3 is 6.03 Å². The monoisotopic (exact) mass is 312 g/mol. The van der Waals surface area contributed by atoms with Crippen LogP contribution in [0, 0.1) is 13.8 Å². The molecule has 0 fully saturated rings. The van der Waals surface area contributed by atoms with Crippen molar-refractivity contribution in [1.29, 1.82) is 0 Å². The average molecular weight is 312 g/mol. The van der Waals surface area contributed by atoms with Crippen LogP contribution in [-0.4, -0.2) is 12.8 Å². The predicted molar refractivity (Wildman–Crippen MR) is 94.1 cm³/mol. The normalized spacial score (nSPS) is 10.5. The Hall–Kier alpha value is -2.49. The lowest BCUT2D eigenvalue weighted by Crippen LogP contribution is -2.32. The molecule has 0 radical (unpaired) electrons. The Labute approximate surface area is 137 Å². The number of anilines is 1. The Morgan fingerprint density at radius 1 is 1.13 bits per heavy atom. The van der Waals surface area contributed by atoms with Crippen LogP contribution in [-0.2, 0) is 0 Å². The van der Waals surface area contributed by atoms with Crippen molar-refractivity contribution in [3.63, 3.8) is 0 Å². The number of hydrogen-bond donors (Lipinski definition) is 2. The first-order valence-corrected chi connectivity index (χ1v) is 7.81. The molecule has 2 amide bonds. The summed E-state index contributed by atoms with van der Waals surface area (Å²) in [5.41, 5.74) is 4.17. The Bertz CT molecular complexity index is 681. The van der Waals surface area contributed by atoms with Gasteiger partial charge in [0, 0.05) is 5.69 Å². The van der Waals surface area contributed by atoms with Gasteiger partial charge in [0.25, 0.3) is 0 Å².